The molecule has 6 nitrogen and oxygen atoms in total. The third-order valence-corrected chi connectivity index (χ3v) is 12.3. The Labute approximate surface area is 410 Å². The summed E-state index contributed by atoms with van der Waals surface area (Å²) in [5, 5.41) is 4.96. The summed E-state index contributed by atoms with van der Waals surface area (Å²) in [5.74, 6) is 0. The molecule has 348 valence electrons. The summed E-state index contributed by atoms with van der Waals surface area (Å²) in [7, 11) is 0. The Balaban J connectivity index is 0.000000257. The van der Waals surface area contributed by atoms with Gasteiger partial charge in [-0.2, -0.15) is 56.8 Å². The first kappa shape index (κ1) is 48.5. The fourth-order valence-corrected chi connectivity index (χ4v) is 9.86. The molecule has 0 N–H and O–H groups in total. The van der Waals surface area contributed by atoms with Crippen molar-refractivity contribution in [3.63, 3.8) is 0 Å². The van der Waals surface area contributed by atoms with Crippen LogP contribution in [0, 0.1) is 53.7 Å². The van der Waals surface area contributed by atoms with Crippen molar-refractivity contribution in [2.24, 2.45) is 0 Å². The number of alkyl halides is 6. The van der Waals surface area contributed by atoms with Crippen molar-refractivity contribution < 1.29 is 46.4 Å². The van der Waals surface area contributed by atoms with Gasteiger partial charge < -0.3 is 20.2 Å². The molecule has 2 aliphatic rings. The van der Waals surface area contributed by atoms with Crippen LogP contribution in [0.3, 0.4) is 0 Å². The Bertz CT molecular complexity index is 3150. The van der Waals surface area contributed by atoms with Gasteiger partial charge in [0.25, 0.3) is 0 Å². The molecule has 2 atom stereocenters. The zero-order valence-electron chi connectivity index (χ0n) is 38.2. The third-order valence-electron chi connectivity index (χ3n) is 12.3. The van der Waals surface area contributed by atoms with E-state index < -0.39 is 34.7 Å². The normalized spacial score (nSPS) is 15.9. The number of benzene rings is 4. The predicted octanol–water partition coefficient (Wildman–Crippen LogP) is 14.5. The second-order valence-corrected chi connectivity index (χ2v) is 17.1. The van der Waals surface area contributed by atoms with Gasteiger partial charge in [0.2, 0.25) is 0 Å². The summed E-state index contributed by atoms with van der Waals surface area (Å²) < 4.78 is 75.7. The van der Waals surface area contributed by atoms with Crippen LogP contribution in [0.1, 0.15) is 79.1 Å². The molecule has 0 saturated carbocycles. The van der Waals surface area contributed by atoms with Gasteiger partial charge in [-0.25, -0.2) is 0 Å². The number of hydrogen-bond acceptors (Lipinski definition) is 5. The smallest absolute Gasteiger partial charge is 0.665 e. The first-order chi connectivity index (χ1) is 32.5. The predicted molar refractivity (Wildman–Crippen MR) is 252 cm³/mol. The van der Waals surface area contributed by atoms with Crippen LogP contribution < -0.4 is 4.90 Å². The number of fused-ring (bicyclic) bond motifs is 3. The number of nitrogens with zero attached hydrogens (tertiary/aromatic N) is 6. The number of rotatable bonds is 6. The Morgan fingerprint density at radius 2 is 1.32 bits per heavy atom. The van der Waals surface area contributed by atoms with Gasteiger partial charge in [-0.3, -0.25) is 9.97 Å². The molecule has 5 heterocycles. The van der Waals surface area contributed by atoms with Crippen LogP contribution in [0.4, 0.5) is 32.0 Å². The van der Waals surface area contributed by atoms with E-state index in [1.165, 1.54) is 74.6 Å². The van der Waals surface area contributed by atoms with Crippen LogP contribution in [0.25, 0.3) is 38.8 Å². The molecular weight excluding hydrogens is 1060 g/mol. The second kappa shape index (κ2) is 18.9. The molecule has 1 aliphatic carbocycles. The molecule has 0 radical (unpaired) electrons. The Morgan fingerprint density at radius 1 is 0.638 bits per heavy atom. The maximum absolute atomic E-state index is 12.8. The summed E-state index contributed by atoms with van der Waals surface area (Å²) in [6, 6.07) is 44.9. The topological polar surface area (TPSA) is 68.9 Å². The molecule has 0 fully saturated rings. The van der Waals surface area contributed by atoms with Crippen molar-refractivity contribution in [3.8, 4) is 33.5 Å². The van der Waals surface area contributed by atoms with Crippen molar-refractivity contribution in [2.75, 3.05) is 4.90 Å². The van der Waals surface area contributed by atoms with E-state index >= 15 is 0 Å². The van der Waals surface area contributed by atoms with Crippen molar-refractivity contribution in [1.29, 1.82) is 0 Å². The number of anilines is 1. The minimum atomic E-state index is -5.04. The molecule has 4 aromatic carbocycles. The summed E-state index contributed by atoms with van der Waals surface area (Å²) in [5.41, 5.74) is 13.5. The van der Waals surface area contributed by atoms with Crippen molar-refractivity contribution in [3.05, 3.63) is 237 Å². The van der Waals surface area contributed by atoms with E-state index in [4.69, 9.17) is 15.3 Å². The standard InChI is InChI=1S/C44H38N4.C12H5F6N2.Ir/c1-27-22-29(3)41(30(4)23-27)33-18-19-45-40(26-33)44(36-14-9-7-12-34(36)35-13-8-10-15-37(35)44)39-17-11-16-38(47-39)43-46-20-21-48(43)42-31(5)24-28(2)25-32(42)6;13-11(14,15)9-5-4-7(8-3-1-2-6-19-8)10(20-9)12(16,17)18;/h7-14,16-26,43H,1-6H3;1-3,5-6H;/q-2;-1;+3/t43?,44-;;/m1../s1. The zero-order valence-corrected chi connectivity index (χ0v) is 40.6. The number of aromatic nitrogens is 4. The molecule has 8 aromatic rings. The quantitative estimate of drug-likeness (QED) is 0.123. The largest absolute Gasteiger partial charge is 3.00 e. The monoisotopic (exact) mass is 1110 g/mol. The molecule has 13 heteroatoms. The Hall–Kier alpha value is -6.95. The van der Waals surface area contributed by atoms with Crippen molar-refractivity contribution in [2.45, 2.75) is 65.5 Å². The third kappa shape index (κ3) is 8.97. The summed E-state index contributed by atoms with van der Waals surface area (Å²) in [6.07, 6.45) is -3.14. The maximum Gasteiger partial charge on any atom is 3.00 e. The fourth-order valence-electron chi connectivity index (χ4n) is 9.86. The minimum absolute atomic E-state index is 0. The molecule has 1 unspecified atom stereocenters. The van der Waals surface area contributed by atoms with Gasteiger partial charge in [0.05, 0.1) is 28.2 Å². The molecule has 69 heavy (non-hydrogen) atoms. The first-order valence-electron chi connectivity index (χ1n) is 21.8. The second-order valence-electron chi connectivity index (χ2n) is 17.1. The number of halogens is 6. The zero-order chi connectivity index (χ0) is 48.1. The van der Waals surface area contributed by atoms with Crippen LogP contribution in [0.15, 0.2) is 146 Å². The van der Waals surface area contributed by atoms with Crippen LogP contribution in [-0.2, 0) is 37.9 Å². The van der Waals surface area contributed by atoms with E-state index in [0.717, 1.165) is 39.3 Å². The van der Waals surface area contributed by atoms with Gasteiger partial charge in [-0.15, -0.1) is 23.3 Å². The van der Waals surface area contributed by atoms with E-state index in [1.807, 2.05) is 24.5 Å². The average molecular weight is 1110 g/mol. The van der Waals surface area contributed by atoms with Gasteiger partial charge >= 0.3 is 32.5 Å². The number of pyridine rings is 4. The SMILES string of the molecule is Cc1cc(C)c(-c2ccnc([C@@]3(c4cccc(C5[N-]C=CN5c5c(C)cc(C)cc5C)n4)c4[c-]cccc4-c4ccccc43)c2)c(C)c1.FC(F)(F)c1c[c-]c(-c2ccccn2)c(C(F)(F)F)n1.[Ir+3]. The molecular formula is C56H43F6IrN6. The van der Waals surface area contributed by atoms with E-state index in [-0.39, 0.29) is 32.0 Å². The summed E-state index contributed by atoms with van der Waals surface area (Å²) in [4.78, 5) is 19.3. The van der Waals surface area contributed by atoms with Gasteiger partial charge in [0.1, 0.15) is 0 Å². The van der Waals surface area contributed by atoms with E-state index in [2.05, 4.69) is 160 Å². The number of aryl methyl sites for hydroxylation is 6. The number of hydrogen-bond donors (Lipinski definition) is 0. The van der Waals surface area contributed by atoms with Crippen LogP contribution in [0.5, 0.6) is 0 Å². The van der Waals surface area contributed by atoms with Gasteiger partial charge in [0.15, 0.2) is 0 Å². The van der Waals surface area contributed by atoms with Crippen LogP contribution >= 0.6 is 0 Å². The summed E-state index contributed by atoms with van der Waals surface area (Å²) in [6.45, 7) is 13.1. The molecule has 4 aromatic heterocycles. The minimum Gasteiger partial charge on any atom is -0.665 e. The Kier molecular flexibility index (Phi) is 13.3. The Morgan fingerprint density at radius 3 is 2.00 bits per heavy atom. The van der Waals surface area contributed by atoms with Crippen LogP contribution in [-0.4, -0.2) is 19.9 Å². The molecule has 0 bridgehead atoms. The maximum atomic E-state index is 12.8. The molecule has 0 saturated heterocycles. The van der Waals surface area contributed by atoms with E-state index in [9.17, 15) is 26.3 Å². The average Bonchev–Trinajstić information content (AvgIpc) is 3.90. The summed E-state index contributed by atoms with van der Waals surface area (Å²) >= 11 is 0. The van der Waals surface area contributed by atoms with Crippen molar-refractivity contribution in [1.82, 2.24) is 19.9 Å². The van der Waals surface area contributed by atoms with Gasteiger partial charge in [-0.05, 0) is 123 Å². The van der Waals surface area contributed by atoms with Crippen LogP contribution in [0.2, 0.25) is 0 Å². The molecule has 0 amide bonds. The molecule has 0 spiro atoms. The fraction of sp³-hybridized carbons (Fsp3) is 0.179. The molecule has 1 aliphatic heterocycles. The van der Waals surface area contributed by atoms with Crippen molar-refractivity contribution >= 4 is 5.69 Å². The van der Waals surface area contributed by atoms with E-state index in [0.29, 0.717) is 6.07 Å². The molecule has 10 rings (SSSR count). The first-order valence-corrected chi connectivity index (χ1v) is 21.8. The van der Waals surface area contributed by atoms with Gasteiger partial charge in [0, 0.05) is 29.9 Å². The van der Waals surface area contributed by atoms with E-state index in [1.54, 1.807) is 0 Å². The van der Waals surface area contributed by atoms with Gasteiger partial charge in [-0.1, -0.05) is 89.0 Å².